The highest BCUT2D eigenvalue weighted by Gasteiger charge is 2.42. The third-order valence-corrected chi connectivity index (χ3v) is 7.38. The Morgan fingerprint density at radius 2 is 1.26 bits per heavy atom. The average molecular weight is 590 g/mol. The van der Waals surface area contributed by atoms with Gasteiger partial charge in [0.15, 0.2) is 0 Å². The van der Waals surface area contributed by atoms with Crippen molar-refractivity contribution >= 4 is 5.91 Å². The van der Waals surface area contributed by atoms with Gasteiger partial charge in [0, 0.05) is 6.04 Å². The van der Waals surface area contributed by atoms with Crippen LogP contribution in [0.25, 0.3) is 0 Å². The van der Waals surface area contributed by atoms with Crippen molar-refractivity contribution in [3.8, 4) is 11.5 Å². The Labute approximate surface area is 249 Å². The first-order valence-corrected chi connectivity index (χ1v) is 14.4. The van der Waals surface area contributed by atoms with Gasteiger partial charge in [0.2, 0.25) is 0 Å². The molecule has 5 rings (SSSR count). The highest BCUT2D eigenvalue weighted by Crippen LogP contribution is 2.42. The lowest BCUT2D eigenvalue weighted by Crippen LogP contribution is -2.43. The molecule has 4 aromatic rings. The highest BCUT2D eigenvalue weighted by atomic mass is 19.4. The second-order valence-corrected chi connectivity index (χ2v) is 10.6. The summed E-state index contributed by atoms with van der Waals surface area (Å²) in [5.74, 6) is -0.459. The van der Waals surface area contributed by atoms with Gasteiger partial charge >= 0.3 is 12.1 Å². The molecular formula is C35H34F3NO4. The van der Waals surface area contributed by atoms with Crippen LogP contribution in [0, 0.1) is 0 Å². The molecule has 8 heteroatoms. The smallest absolute Gasteiger partial charge is 0.471 e. The fourth-order valence-corrected chi connectivity index (χ4v) is 4.91. The fourth-order valence-electron chi connectivity index (χ4n) is 4.91. The number of carbonyl (C=O) groups excluding carboxylic acids is 1. The van der Waals surface area contributed by atoms with E-state index in [1.165, 1.54) is 0 Å². The highest BCUT2D eigenvalue weighted by molar-refractivity contribution is 5.81. The summed E-state index contributed by atoms with van der Waals surface area (Å²) in [6, 6.07) is 34.2. The lowest BCUT2D eigenvalue weighted by Gasteiger charge is -2.19. The number of rotatable bonds is 14. The number of ether oxygens (including phenoxy) is 3. The second-order valence-electron chi connectivity index (χ2n) is 10.6. The van der Waals surface area contributed by atoms with Crippen molar-refractivity contribution < 1.29 is 32.2 Å². The van der Waals surface area contributed by atoms with Crippen LogP contribution in [0.2, 0.25) is 0 Å². The normalized spacial score (nSPS) is 16.7. The molecule has 224 valence electrons. The van der Waals surface area contributed by atoms with E-state index in [-0.39, 0.29) is 12.2 Å². The van der Waals surface area contributed by atoms with Gasteiger partial charge in [-0.15, -0.1) is 0 Å². The minimum Gasteiger partial charge on any atom is -0.489 e. The Balaban J connectivity index is 1.10. The number of hydrogen-bond donors (Lipinski definition) is 1. The van der Waals surface area contributed by atoms with E-state index in [1.807, 2.05) is 109 Å². The maximum Gasteiger partial charge on any atom is 0.471 e. The Bertz CT molecular complexity index is 1430. The first-order chi connectivity index (χ1) is 20.8. The number of aryl methyl sites for hydroxylation is 1. The van der Waals surface area contributed by atoms with Crippen molar-refractivity contribution in [3.05, 3.63) is 131 Å². The summed E-state index contributed by atoms with van der Waals surface area (Å²) in [7, 11) is 0. The number of nitrogens with one attached hydrogen (secondary N) is 1. The van der Waals surface area contributed by atoms with Crippen LogP contribution in [0.4, 0.5) is 13.2 Å². The number of hydrogen-bond acceptors (Lipinski definition) is 4. The molecule has 4 aromatic carbocycles. The molecule has 0 radical (unpaired) electrons. The van der Waals surface area contributed by atoms with Crippen molar-refractivity contribution in [1.29, 1.82) is 0 Å². The van der Waals surface area contributed by atoms with E-state index in [4.69, 9.17) is 14.2 Å². The average Bonchev–Trinajstić information content (AvgIpc) is 3.81. The molecule has 1 amide bonds. The zero-order chi connectivity index (χ0) is 30.1. The van der Waals surface area contributed by atoms with E-state index >= 15 is 0 Å². The molecule has 0 bridgehead atoms. The van der Waals surface area contributed by atoms with E-state index in [0.717, 1.165) is 28.0 Å². The predicted molar refractivity (Wildman–Crippen MR) is 158 cm³/mol. The molecule has 1 aliphatic heterocycles. The minimum atomic E-state index is -4.93. The van der Waals surface area contributed by atoms with Gasteiger partial charge in [-0.1, -0.05) is 84.9 Å². The van der Waals surface area contributed by atoms with Gasteiger partial charge in [-0.25, -0.2) is 0 Å². The van der Waals surface area contributed by atoms with E-state index < -0.39 is 18.1 Å². The maximum atomic E-state index is 13.0. The van der Waals surface area contributed by atoms with Gasteiger partial charge in [-0.2, -0.15) is 13.2 Å². The molecule has 43 heavy (non-hydrogen) atoms. The van der Waals surface area contributed by atoms with Crippen LogP contribution in [0.15, 0.2) is 109 Å². The van der Waals surface area contributed by atoms with Crippen LogP contribution in [-0.4, -0.2) is 24.2 Å². The van der Waals surface area contributed by atoms with Gasteiger partial charge < -0.3 is 19.5 Å². The monoisotopic (exact) mass is 589 g/mol. The minimum absolute atomic E-state index is 0.109. The molecule has 1 heterocycles. The lowest BCUT2D eigenvalue weighted by atomic mass is 9.99. The van der Waals surface area contributed by atoms with Crippen LogP contribution in [-0.2, 0) is 29.2 Å². The summed E-state index contributed by atoms with van der Waals surface area (Å²) in [6.07, 6.45) is -3.37. The van der Waals surface area contributed by atoms with Gasteiger partial charge in [0.25, 0.3) is 0 Å². The molecule has 1 aliphatic rings. The molecular weight excluding hydrogens is 555 g/mol. The number of carbonyl (C=O) groups is 1. The molecule has 1 unspecified atom stereocenters. The first kappa shape index (κ1) is 30.2. The molecule has 5 nitrogen and oxygen atoms in total. The van der Waals surface area contributed by atoms with Crippen LogP contribution < -0.4 is 14.8 Å². The number of benzene rings is 4. The molecule has 1 saturated heterocycles. The summed E-state index contributed by atoms with van der Waals surface area (Å²) in [6.45, 7) is 0.919. The lowest BCUT2D eigenvalue weighted by molar-refractivity contribution is -0.174. The summed E-state index contributed by atoms with van der Waals surface area (Å²) < 4.78 is 56.6. The third-order valence-electron chi connectivity index (χ3n) is 7.38. The summed E-state index contributed by atoms with van der Waals surface area (Å²) in [4.78, 5) is 11.7. The number of epoxide rings is 1. The molecule has 0 saturated carbocycles. The summed E-state index contributed by atoms with van der Waals surface area (Å²) >= 11 is 0. The largest absolute Gasteiger partial charge is 0.489 e. The Morgan fingerprint density at radius 3 is 1.79 bits per heavy atom. The van der Waals surface area contributed by atoms with Gasteiger partial charge in [-0.05, 0) is 72.2 Å². The number of halogens is 3. The Hall–Kier alpha value is -4.30. The summed E-state index contributed by atoms with van der Waals surface area (Å²) in [5.41, 5.74) is 4.08. The zero-order valence-electron chi connectivity index (χ0n) is 23.6. The van der Waals surface area contributed by atoms with E-state index in [0.29, 0.717) is 44.6 Å². The van der Waals surface area contributed by atoms with E-state index in [9.17, 15) is 18.0 Å². The molecule has 1 fully saturated rings. The zero-order valence-corrected chi connectivity index (χ0v) is 23.6. The SMILES string of the molecule is O=C(NC(CCc1ccc(OCc2ccccc2)cc1)CC[C@@H]1O[C@H]1c1ccc(OCc2ccccc2)cc1)C(F)(F)F. The quantitative estimate of drug-likeness (QED) is 0.153. The molecule has 0 aromatic heterocycles. The fraction of sp³-hybridized carbons (Fsp3) is 0.286. The van der Waals surface area contributed by atoms with Crippen LogP contribution in [0.5, 0.6) is 11.5 Å². The second kappa shape index (κ2) is 14.2. The number of alkyl halides is 3. The van der Waals surface area contributed by atoms with Gasteiger partial charge in [0.1, 0.15) is 30.8 Å². The van der Waals surface area contributed by atoms with Crippen LogP contribution in [0.3, 0.4) is 0 Å². The van der Waals surface area contributed by atoms with Crippen molar-refractivity contribution in [3.63, 3.8) is 0 Å². The van der Waals surface area contributed by atoms with E-state index in [2.05, 4.69) is 5.32 Å². The number of amides is 1. The maximum absolute atomic E-state index is 13.0. The topological polar surface area (TPSA) is 60.1 Å². The van der Waals surface area contributed by atoms with Gasteiger partial charge in [0.05, 0.1) is 6.10 Å². The first-order valence-electron chi connectivity index (χ1n) is 14.4. The Kier molecular flexibility index (Phi) is 10.00. The van der Waals surface area contributed by atoms with Crippen LogP contribution in [0.1, 0.15) is 47.6 Å². The third kappa shape index (κ3) is 9.35. The Morgan fingerprint density at radius 1 is 0.721 bits per heavy atom. The molecule has 0 aliphatic carbocycles. The molecule has 1 N–H and O–H groups in total. The predicted octanol–water partition coefficient (Wildman–Crippen LogP) is 7.74. The van der Waals surface area contributed by atoms with Crippen molar-refractivity contribution in [2.75, 3.05) is 0 Å². The van der Waals surface area contributed by atoms with E-state index in [1.54, 1.807) is 0 Å². The summed E-state index contributed by atoms with van der Waals surface area (Å²) in [5, 5.41) is 2.19. The van der Waals surface area contributed by atoms with Crippen molar-refractivity contribution in [2.24, 2.45) is 0 Å². The standard InChI is InChI=1S/C35H34F3NO4/c36-35(37,38)34(40)39-29(16-11-25-12-18-30(19-13-25)41-23-26-7-3-1-4-8-26)17-22-32-33(43-32)28-14-20-31(21-15-28)42-24-27-9-5-2-6-10-27/h1-10,12-15,18-21,29,32-33H,11,16-17,22-24H2,(H,39,40)/t29?,32-,33-/m0/s1. The van der Waals surface area contributed by atoms with Crippen molar-refractivity contribution in [1.82, 2.24) is 5.32 Å². The van der Waals surface area contributed by atoms with Crippen molar-refractivity contribution in [2.45, 2.75) is 63.3 Å². The van der Waals surface area contributed by atoms with Gasteiger partial charge in [-0.3, -0.25) is 4.79 Å². The van der Waals surface area contributed by atoms with Crippen LogP contribution >= 0.6 is 0 Å². The molecule has 3 atom stereocenters. The molecule has 0 spiro atoms.